The van der Waals surface area contributed by atoms with Crippen LogP contribution in [-0.4, -0.2) is 43.2 Å². The van der Waals surface area contributed by atoms with Crippen molar-refractivity contribution in [3.05, 3.63) is 59.2 Å². The van der Waals surface area contributed by atoms with Crippen LogP contribution in [-0.2, 0) is 21.9 Å². The highest BCUT2D eigenvalue weighted by atomic mass is 32.2. The number of fused-ring (bicyclic) bond motifs is 2. The van der Waals surface area contributed by atoms with Gasteiger partial charge in [-0.3, -0.25) is 4.79 Å². The van der Waals surface area contributed by atoms with Crippen LogP contribution in [0.4, 0.5) is 32.0 Å². The van der Waals surface area contributed by atoms with Gasteiger partial charge in [-0.2, -0.15) is 26.3 Å². The summed E-state index contributed by atoms with van der Waals surface area (Å²) in [6.07, 6.45) is -4.26. The van der Waals surface area contributed by atoms with Crippen molar-refractivity contribution in [1.82, 2.24) is 4.90 Å². The summed E-state index contributed by atoms with van der Waals surface area (Å²) in [5.74, 6) is 0.698. The van der Waals surface area contributed by atoms with Gasteiger partial charge in [0.2, 0.25) is 5.91 Å². The summed E-state index contributed by atoms with van der Waals surface area (Å²) in [4.78, 5) is 13.6. The van der Waals surface area contributed by atoms with Gasteiger partial charge in [-0.05, 0) is 67.0 Å². The van der Waals surface area contributed by atoms with Crippen LogP contribution in [0.5, 0.6) is 0 Å². The Morgan fingerprint density at radius 1 is 0.974 bits per heavy atom. The first kappa shape index (κ1) is 27.9. The number of benzene rings is 2. The van der Waals surface area contributed by atoms with E-state index in [4.69, 9.17) is 4.74 Å². The van der Waals surface area contributed by atoms with Crippen molar-refractivity contribution in [2.24, 2.45) is 11.8 Å². The van der Waals surface area contributed by atoms with E-state index in [2.05, 4.69) is 5.32 Å². The van der Waals surface area contributed by atoms with Crippen LogP contribution in [0.15, 0.2) is 52.3 Å². The normalized spacial score (nSPS) is 23.5. The molecule has 11 heteroatoms. The van der Waals surface area contributed by atoms with Crippen LogP contribution in [0.2, 0.25) is 0 Å². The number of carbonyl (C=O) groups is 1. The molecule has 1 heterocycles. The van der Waals surface area contributed by atoms with Gasteiger partial charge in [0.25, 0.3) is 0 Å². The van der Waals surface area contributed by atoms with E-state index in [1.165, 1.54) is 17.7 Å². The molecular weight excluding hydrogens is 542 g/mol. The van der Waals surface area contributed by atoms with Crippen LogP contribution in [0, 0.1) is 11.8 Å². The Balaban J connectivity index is 1.44. The lowest BCUT2D eigenvalue weighted by Gasteiger charge is -2.25. The Bertz CT molecular complexity index is 1240. The summed E-state index contributed by atoms with van der Waals surface area (Å²) < 4.78 is 90.2. The molecule has 1 amide bonds. The second kappa shape index (κ2) is 11.1. The fourth-order valence-electron chi connectivity index (χ4n) is 5.87. The van der Waals surface area contributed by atoms with Gasteiger partial charge in [-0.25, -0.2) is 0 Å². The lowest BCUT2D eigenvalue weighted by atomic mass is 9.95. The number of carbonyl (C=O) groups excluding carboxylic acids is 1. The number of rotatable bonds is 6. The van der Waals surface area contributed by atoms with Crippen molar-refractivity contribution in [3.8, 4) is 0 Å². The SMILES string of the molecule is O=C(C=Cc1ccc(Sc2cccc(NC3CC4CCC3C4)c2)c(C(F)(F)F)c1C(F)(F)F)N1CCOCC1. The van der Waals surface area contributed by atoms with Crippen LogP contribution in [0.1, 0.15) is 42.4 Å². The fourth-order valence-corrected chi connectivity index (χ4v) is 6.91. The predicted molar refractivity (Wildman–Crippen MR) is 136 cm³/mol. The monoisotopic (exact) mass is 570 g/mol. The fraction of sp³-hybridized carbons (Fsp3) is 0.464. The summed E-state index contributed by atoms with van der Waals surface area (Å²) in [6.45, 7) is 1.09. The number of hydrogen-bond acceptors (Lipinski definition) is 4. The lowest BCUT2D eigenvalue weighted by molar-refractivity contribution is -0.163. The molecule has 5 rings (SSSR count). The average molecular weight is 571 g/mol. The molecule has 2 bridgehead atoms. The Labute approximate surface area is 226 Å². The molecule has 1 saturated heterocycles. The second-order valence-corrected chi connectivity index (χ2v) is 11.3. The molecule has 0 radical (unpaired) electrons. The lowest BCUT2D eigenvalue weighted by Crippen LogP contribution is -2.39. The van der Waals surface area contributed by atoms with Crippen molar-refractivity contribution >= 4 is 29.4 Å². The number of hydrogen-bond donors (Lipinski definition) is 1. The average Bonchev–Trinajstić information content (AvgIpc) is 3.50. The molecule has 4 nitrogen and oxygen atoms in total. The van der Waals surface area contributed by atoms with Gasteiger partial charge >= 0.3 is 12.4 Å². The van der Waals surface area contributed by atoms with Crippen molar-refractivity contribution in [1.29, 1.82) is 0 Å². The number of anilines is 1. The van der Waals surface area contributed by atoms with Crippen molar-refractivity contribution < 1.29 is 35.9 Å². The standard InChI is InChI=1S/C28H28F6N2O2S/c29-27(30,31)25-18(7-9-24(37)36-10-12-38-13-11-36)6-8-23(26(25)28(32,33)34)39-21-3-1-2-20(16-21)35-22-15-17-4-5-19(22)14-17/h1-3,6-9,16-17,19,22,35H,4-5,10-15H2. The first-order valence-corrected chi connectivity index (χ1v) is 13.7. The number of nitrogens with one attached hydrogen (secondary N) is 1. The number of nitrogens with zero attached hydrogens (tertiary/aromatic N) is 1. The van der Waals surface area contributed by atoms with Gasteiger partial charge in [0.1, 0.15) is 0 Å². The van der Waals surface area contributed by atoms with E-state index in [1.54, 1.807) is 18.2 Å². The minimum atomic E-state index is -5.30. The van der Waals surface area contributed by atoms with Gasteiger partial charge in [0.15, 0.2) is 0 Å². The first-order chi connectivity index (χ1) is 18.5. The molecule has 2 aromatic carbocycles. The molecule has 39 heavy (non-hydrogen) atoms. The van der Waals surface area contributed by atoms with E-state index in [9.17, 15) is 31.1 Å². The number of morpholine rings is 1. The topological polar surface area (TPSA) is 41.6 Å². The molecule has 2 saturated carbocycles. The zero-order chi connectivity index (χ0) is 27.8. The third-order valence-electron chi connectivity index (χ3n) is 7.65. The highest BCUT2D eigenvalue weighted by Gasteiger charge is 2.46. The molecule has 1 N–H and O–H groups in total. The van der Waals surface area contributed by atoms with E-state index in [-0.39, 0.29) is 26.3 Å². The maximum absolute atomic E-state index is 14.2. The first-order valence-electron chi connectivity index (χ1n) is 12.9. The summed E-state index contributed by atoms with van der Waals surface area (Å²) >= 11 is 0.641. The minimum Gasteiger partial charge on any atom is -0.382 e. The van der Waals surface area contributed by atoms with E-state index >= 15 is 0 Å². The van der Waals surface area contributed by atoms with Gasteiger partial charge in [0, 0.05) is 40.7 Å². The molecule has 2 aromatic rings. The largest absolute Gasteiger partial charge is 0.418 e. The van der Waals surface area contributed by atoms with Gasteiger partial charge in [-0.1, -0.05) is 30.3 Å². The highest BCUT2D eigenvalue weighted by Crippen LogP contribution is 2.49. The van der Waals surface area contributed by atoms with E-state index in [0.29, 0.717) is 34.5 Å². The zero-order valence-electron chi connectivity index (χ0n) is 20.9. The van der Waals surface area contributed by atoms with E-state index in [1.807, 2.05) is 6.07 Å². The Hall–Kier alpha value is -2.66. The van der Waals surface area contributed by atoms with Crippen LogP contribution in [0.3, 0.4) is 0 Å². The Morgan fingerprint density at radius 3 is 2.36 bits per heavy atom. The molecule has 3 fully saturated rings. The zero-order valence-corrected chi connectivity index (χ0v) is 21.8. The number of alkyl halides is 6. The molecule has 3 atom stereocenters. The van der Waals surface area contributed by atoms with Crippen LogP contribution < -0.4 is 5.32 Å². The molecule has 2 aliphatic carbocycles. The third kappa shape index (κ3) is 6.40. The van der Waals surface area contributed by atoms with Crippen molar-refractivity contribution in [3.63, 3.8) is 0 Å². The molecule has 0 spiro atoms. The molecule has 3 aliphatic rings. The summed E-state index contributed by atoms with van der Waals surface area (Å²) in [7, 11) is 0. The van der Waals surface area contributed by atoms with E-state index in [0.717, 1.165) is 42.8 Å². The molecule has 210 valence electrons. The minimum absolute atomic E-state index is 0.259. The molecule has 0 aromatic heterocycles. The summed E-state index contributed by atoms with van der Waals surface area (Å²) in [6, 6.07) is 9.10. The molecular formula is C28H28F6N2O2S. The third-order valence-corrected chi connectivity index (χ3v) is 8.70. The van der Waals surface area contributed by atoms with Gasteiger partial charge in [-0.15, -0.1) is 0 Å². The predicted octanol–water partition coefficient (Wildman–Crippen LogP) is 7.35. The second-order valence-electron chi connectivity index (χ2n) is 10.2. The van der Waals surface area contributed by atoms with Crippen LogP contribution >= 0.6 is 11.8 Å². The molecule has 3 unspecified atom stereocenters. The maximum Gasteiger partial charge on any atom is 0.418 e. The highest BCUT2D eigenvalue weighted by molar-refractivity contribution is 7.99. The smallest absolute Gasteiger partial charge is 0.382 e. The van der Waals surface area contributed by atoms with Crippen molar-refractivity contribution in [2.45, 2.75) is 53.9 Å². The summed E-state index contributed by atoms with van der Waals surface area (Å²) in [5.41, 5.74) is -3.54. The maximum atomic E-state index is 14.2. The number of ether oxygens (including phenoxy) is 1. The van der Waals surface area contributed by atoms with Gasteiger partial charge in [0.05, 0.1) is 24.3 Å². The van der Waals surface area contributed by atoms with Gasteiger partial charge < -0.3 is 15.0 Å². The quantitative estimate of drug-likeness (QED) is 0.291. The number of amides is 1. The number of halogens is 6. The van der Waals surface area contributed by atoms with Crippen LogP contribution in [0.25, 0.3) is 6.08 Å². The van der Waals surface area contributed by atoms with Crippen molar-refractivity contribution in [2.75, 3.05) is 31.6 Å². The Morgan fingerprint density at radius 2 is 1.72 bits per heavy atom. The van der Waals surface area contributed by atoms with E-state index < -0.39 is 39.8 Å². The molecule has 1 aliphatic heterocycles. The summed E-state index contributed by atoms with van der Waals surface area (Å²) in [5, 5.41) is 3.47. The Kier molecular flexibility index (Phi) is 7.92.